The molecule has 7 heteroatoms. The normalized spacial score (nSPS) is 16.1. The number of nitrogens with one attached hydrogen (secondary N) is 1. The van der Waals surface area contributed by atoms with Gasteiger partial charge in [-0.15, -0.1) is 0 Å². The smallest absolute Gasteiger partial charge is 0.289 e. The third kappa shape index (κ3) is 4.15. The van der Waals surface area contributed by atoms with Gasteiger partial charge in [0.1, 0.15) is 36.2 Å². The van der Waals surface area contributed by atoms with Crippen LogP contribution in [0.2, 0.25) is 0 Å². The van der Waals surface area contributed by atoms with Crippen LogP contribution in [0.4, 0.5) is 0 Å². The largest absolute Gasteiger partial charge is 0.491 e. The molecule has 0 unspecified atom stereocenters. The Morgan fingerprint density at radius 1 is 1.06 bits per heavy atom. The molecule has 1 aliphatic heterocycles. The van der Waals surface area contributed by atoms with E-state index in [-0.39, 0.29) is 12.5 Å². The summed E-state index contributed by atoms with van der Waals surface area (Å²) in [6, 6.07) is 17.0. The molecular weight excluding hydrogens is 396 g/mol. The van der Waals surface area contributed by atoms with Crippen molar-refractivity contribution in [2.24, 2.45) is 0 Å². The molecule has 0 spiro atoms. The summed E-state index contributed by atoms with van der Waals surface area (Å²) >= 11 is 0. The van der Waals surface area contributed by atoms with Crippen molar-refractivity contribution in [3.8, 4) is 5.75 Å². The first kappa shape index (κ1) is 19.7. The Morgan fingerprint density at radius 2 is 1.87 bits per heavy atom. The van der Waals surface area contributed by atoms with E-state index in [1.165, 1.54) is 11.2 Å². The molecule has 4 aromatic rings. The van der Waals surface area contributed by atoms with E-state index in [9.17, 15) is 9.90 Å². The van der Waals surface area contributed by atoms with Gasteiger partial charge in [-0.25, -0.2) is 0 Å². The summed E-state index contributed by atoms with van der Waals surface area (Å²) in [6.07, 6.45) is 0.928. The number of carbonyl (C=O) groups is 1. The number of benzene rings is 2. The molecule has 0 saturated carbocycles. The zero-order chi connectivity index (χ0) is 21.2. The lowest BCUT2D eigenvalue weighted by Crippen LogP contribution is -3.16. The van der Waals surface area contributed by atoms with Crippen molar-refractivity contribution < 1.29 is 28.4 Å². The number of nitrogens with zero attached hydrogens (tertiary/aromatic N) is 1. The lowest BCUT2D eigenvalue weighted by atomic mass is 10.1. The molecule has 160 valence electrons. The summed E-state index contributed by atoms with van der Waals surface area (Å²) in [5, 5.41) is 12.5. The molecule has 0 aliphatic carbocycles. The van der Waals surface area contributed by atoms with Gasteiger partial charge in [-0.05, 0) is 36.4 Å². The fraction of sp³-hybridized carbons (Fsp3) is 0.292. The zero-order valence-electron chi connectivity index (χ0n) is 17.1. The second-order valence-corrected chi connectivity index (χ2v) is 7.94. The van der Waals surface area contributed by atoms with Crippen LogP contribution >= 0.6 is 0 Å². The van der Waals surface area contributed by atoms with Gasteiger partial charge in [0.25, 0.3) is 5.91 Å². The second kappa shape index (κ2) is 8.45. The topological polar surface area (TPSA) is 80.5 Å². The van der Waals surface area contributed by atoms with E-state index >= 15 is 0 Å². The van der Waals surface area contributed by atoms with Crippen molar-refractivity contribution in [3.63, 3.8) is 0 Å². The maximum atomic E-state index is 12.4. The highest BCUT2D eigenvalue weighted by Crippen LogP contribution is 2.31. The van der Waals surface area contributed by atoms with Gasteiger partial charge in [-0.3, -0.25) is 4.79 Å². The quantitative estimate of drug-likeness (QED) is 0.498. The van der Waals surface area contributed by atoms with Crippen LogP contribution in [0.15, 0.2) is 69.7 Å². The molecule has 2 N–H and O–H groups in total. The Labute approximate surface area is 179 Å². The van der Waals surface area contributed by atoms with E-state index in [0.717, 1.165) is 35.0 Å². The van der Waals surface area contributed by atoms with E-state index in [1.807, 2.05) is 42.5 Å². The Morgan fingerprint density at radius 3 is 2.68 bits per heavy atom. The molecule has 31 heavy (non-hydrogen) atoms. The highest BCUT2D eigenvalue weighted by Gasteiger charge is 2.27. The number of quaternary nitrogens is 1. The first-order valence-electron chi connectivity index (χ1n) is 10.6. The summed E-state index contributed by atoms with van der Waals surface area (Å²) in [5.41, 5.74) is 1.67. The molecule has 1 aliphatic rings. The number of aliphatic hydroxyl groups is 1. The van der Waals surface area contributed by atoms with Gasteiger partial charge in [-0.1, -0.05) is 18.2 Å². The van der Waals surface area contributed by atoms with Crippen LogP contribution in [0.3, 0.4) is 0 Å². The molecule has 1 amide bonds. The number of hydrogen-bond acceptors (Lipinski definition) is 5. The standard InChI is InChI=1S/C24H24N2O5/c27-17(15-25-9-11-26(12-10-25)24(28)23-6-3-13-29-23)16-30-18-7-8-22-20(14-18)19-4-1-2-5-21(19)31-22/h1-8,13-14,17,27H,9-12,15-16H2/p+1/t17-/m0/s1. The number of hydrogen-bond donors (Lipinski definition) is 2. The molecular formula is C24H25N2O5+. The van der Waals surface area contributed by atoms with Crippen LogP contribution in [0.1, 0.15) is 10.6 Å². The SMILES string of the molecule is O=C(c1ccco1)N1CC[NH+](C[C@H](O)COc2ccc3oc4ccccc4c3c2)CC1. The number of aliphatic hydroxyl groups excluding tert-OH is 1. The number of ether oxygens (including phenoxy) is 1. The average molecular weight is 421 g/mol. The predicted molar refractivity (Wildman–Crippen MR) is 115 cm³/mol. The molecule has 0 radical (unpaired) electrons. The zero-order valence-corrected chi connectivity index (χ0v) is 17.1. The molecule has 1 saturated heterocycles. The molecule has 5 rings (SSSR count). The van der Waals surface area contributed by atoms with Crippen molar-refractivity contribution in [2.75, 3.05) is 39.3 Å². The van der Waals surface area contributed by atoms with E-state index in [1.54, 1.807) is 17.0 Å². The summed E-state index contributed by atoms with van der Waals surface area (Å²) in [7, 11) is 0. The number of furan rings is 2. The van der Waals surface area contributed by atoms with Gasteiger partial charge in [-0.2, -0.15) is 0 Å². The van der Waals surface area contributed by atoms with Crippen molar-refractivity contribution in [2.45, 2.75) is 6.10 Å². The highest BCUT2D eigenvalue weighted by atomic mass is 16.5. The third-order valence-electron chi connectivity index (χ3n) is 5.80. The van der Waals surface area contributed by atoms with Crippen LogP contribution in [0.5, 0.6) is 5.75 Å². The molecule has 0 bridgehead atoms. The van der Waals surface area contributed by atoms with Gasteiger partial charge in [0.05, 0.1) is 32.4 Å². The summed E-state index contributed by atoms with van der Waals surface area (Å²) in [4.78, 5) is 15.4. The van der Waals surface area contributed by atoms with Gasteiger partial charge in [0, 0.05) is 10.8 Å². The van der Waals surface area contributed by atoms with Crippen molar-refractivity contribution >= 4 is 27.8 Å². The van der Waals surface area contributed by atoms with Crippen LogP contribution in [-0.4, -0.2) is 61.3 Å². The molecule has 2 aromatic carbocycles. The molecule has 3 heterocycles. The Hall–Kier alpha value is -3.29. The van der Waals surface area contributed by atoms with Crippen LogP contribution in [-0.2, 0) is 0 Å². The lowest BCUT2D eigenvalue weighted by Gasteiger charge is -2.32. The Bertz CT molecular complexity index is 1180. The van der Waals surface area contributed by atoms with Gasteiger partial charge in [0.2, 0.25) is 0 Å². The summed E-state index contributed by atoms with van der Waals surface area (Å²) in [6.45, 7) is 3.67. The monoisotopic (exact) mass is 421 g/mol. The maximum absolute atomic E-state index is 12.4. The van der Waals surface area contributed by atoms with Crippen molar-refractivity contribution in [1.29, 1.82) is 0 Å². The van der Waals surface area contributed by atoms with Gasteiger partial charge in [0.15, 0.2) is 5.76 Å². The number of fused-ring (bicyclic) bond motifs is 3. The van der Waals surface area contributed by atoms with Gasteiger partial charge < -0.3 is 28.5 Å². The van der Waals surface area contributed by atoms with Crippen LogP contribution in [0, 0.1) is 0 Å². The first-order chi connectivity index (χ1) is 15.2. The molecule has 1 atom stereocenters. The molecule has 7 nitrogen and oxygen atoms in total. The van der Waals surface area contributed by atoms with Crippen molar-refractivity contribution in [3.05, 3.63) is 66.6 Å². The minimum atomic E-state index is -0.584. The fourth-order valence-electron chi connectivity index (χ4n) is 4.17. The van der Waals surface area contributed by atoms with Crippen LogP contribution in [0.25, 0.3) is 21.9 Å². The number of carbonyl (C=O) groups excluding carboxylic acids is 1. The van der Waals surface area contributed by atoms with E-state index in [4.69, 9.17) is 13.6 Å². The number of rotatable bonds is 6. The van der Waals surface area contributed by atoms with E-state index < -0.39 is 6.10 Å². The number of para-hydroxylation sites is 1. The molecule has 1 fully saturated rings. The predicted octanol–water partition coefficient (Wildman–Crippen LogP) is 1.96. The number of amides is 1. The Balaban J connectivity index is 1.13. The minimum absolute atomic E-state index is 0.0740. The maximum Gasteiger partial charge on any atom is 0.289 e. The number of piperazine rings is 1. The molecule has 2 aromatic heterocycles. The summed E-state index contributed by atoms with van der Waals surface area (Å²) in [5.74, 6) is 1.01. The second-order valence-electron chi connectivity index (χ2n) is 7.94. The minimum Gasteiger partial charge on any atom is -0.491 e. The highest BCUT2D eigenvalue weighted by molar-refractivity contribution is 6.05. The van der Waals surface area contributed by atoms with E-state index in [2.05, 4.69) is 0 Å². The Kier molecular flexibility index (Phi) is 5.36. The fourth-order valence-corrected chi connectivity index (χ4v) is 4.17. The van der Waals surface area contributed by atoms with Crippen LogP contribution < -0.4 is 9.64 Å². The van der Waals surface area contributed by atoms with Gasteiger partial charge >= 0.3 is 0 Å². The summed E-state index contributed by atoms with van der Waals surface area (Å²) < 4.78 is 16.9. The van der Waals surface area contributed by atoms with E-state index in [0.29, 0.717) is 31.1 Å². The average Bonchev–Trinajstić information content (AvgIpc) is 3.46. The lowest BCUT2D eigenvalue weighted by molar-refractivity contribution is -0.907. The van der Waals surface area contributed by atoms with Crippen molar-refractivity contribution in [1.82, 2.24) is 4.90 Å². The first-order valence-corrected chi connectivity index (χ1v) is 10.6. The third-order valence-corrected chi connectivity index (χ3v) is 5.80.